The molecule has 4 nitrogen and oxygen atoms in total. The van der Waals surface area contributed by atoms with Crippen molar-refractivity contribution in [3.8, 4) is 0 Å². The van der Waals surface area contributed by atoms with Gasteiger partial charge >= 0.3 is 0 Å². The van der Waals surface area contributed by atoms with Gasteiger partial charge in [0.05, 0.1) is 23.8 Å². The number of nitrogen functional groups attached to an aromatic ring is 1. The van der Waals surface area contributed by atoms with Gasteiger partial charge in [-0.1, -0.05) is 6.07 Å². The number of nitrogens with one attached hydrogen (secondary N) is 1. The predicted molar refractivity (Wildman–Crippen MR) is 68.1 cm³/mol. The Hall–Kier alpha value is -2.17. The van der Waals surface area contributed by atoms with E-state index in [4.69, 9.17) is 5.73 Å². The number of nitrogens with two attached hydrogens (primary N) is 1. The van der Waals surface area contributed by atoms with Gasteiger partial charge in [-0.3, -0.25) is 4.98 Å². The molecule has 3 N–H and O–H groups in total. The molecule has 0 unspecified atom stereocenters. The maximum Gasteiger partial charge on any atom is 0.166 e. The second kappa shape index (κ2) is 4.25. The Balaban J connectivity index is 1.81. The lowest BCUT2D eigenvalue weighted by atomic mass is 10.2. The smallest absolute Gasteiger partial charge is 0.166 e. The van der Waals surface area contributed by atoms with Crippen LogP contribution in [0.15, 0.2) is 30.7 Å². The van der Waals surface area contributed by atoms with Crippen molar-refractivity contribution in [3.05, 3.63) is 42.1 Å². The van der Waals surface area contributed by atoms with E-state index in [1.807, 2.05) is 18.3 Å². The van der Waals surface area contributed by atoms with Gasteiger partial charge in [0.15, 0.2) is 5.82 Å². The first kappa shape index (κ1) is 11.0. The lowest BCUT2D eigenvalue weighted by Crippen LogP contribution is -2.01. The normalized spacial score (nSPS) is 14.5. The Morgan fingerprint density at radius 2 is 2.06 bits per heavy atom. The van der Waals surface area contributed by atoms with Crippen LogP contribution in [0.4, 0.5) is 21.6 Å². The maximum atomic E-state index is 13.2. The molecule has 0 aromatic carbocycles. The van der Waals surface area contributed by atoms with Gasteiger partial charge in [-0.15, -0.1) is 0 Å². The first-order valence-corrected chi connectivity index (χ1v) is 5.86. The number of nitrogens with zero attached hydrogens (tertiary/aromatic N) is 2. The molecule has 0 radical (unpaired) electrons. The number of anilines is 3. The SMILES string of the molecule is Nc1c(F)cncc1Nc1ccc(C2CC2)cn1. The third kappa shape index (κ3) is 2.11. The molecule has 3 rings (SSSR count). The molecule has 0 saturated heterocycles. The fourth-order valence-corrected chi connectivity index (χ4v) is 1.82. The first-order chi connectivity index (χ1) is 8.74. The summed E-state index contributed by atoms with van der Waals surface area (Å²) in [5.74, 6) is 0.778. The van der Waals surface area contributed by atoms with Crippen molar-refractivity contribution in [2.45, 2.75) is 18.8 Å². The van der Waals surface area contributed by atoms with E-state index in [9.17, 15) is 4.39 Å². The Morgan fingerprint density at radius 3 is 2.72 bits per heavy atom. The summed E-state index contributed by atoms with van der Waals surface area (Å²) < 4.78 is 13.2. The van der Waals surface area contributed by atoms with Crippen LogP contribution in [0, 0.1) is 5.82 Å². The highest BCUT2D eigenvalue weighted by Crippen LogP contribution is 2.39. The molecule has 2 heterocycles. The largest absolute Gasteiger partial charge is 0.395 e. The van der Waals surface area contributed by atoms with Crippen LogP contribution in [0.3, 0.4) is 0 Å². The Labute approximate surface area is 104 Å². The molecule has 0 bridgehead atoms. The molecule has 2 aromatic rings. The van der Waals surface area contributed by atoms with Crippen molar-refractivity contribution >= 4 is 17.2 Å². The van der Waals surface area contributed by atoms with E-state index < -0.39 is 5.82 Å². The van der Waals surface area contributed by atoms with Crippen LogP contribution in [-0.4, -0.2) is 9.97 Å². The van der Waals surface area contributed by atoms with Crippen LogP contribution < -0.4 is 11.1 Å². The molecule has 1 fully saturated rings. The standard InChI is InChI=1S/C13H13FN4/c14-10-6-16-7-11(13(10)15)18-12-4-3-9(5-17-12)8-1-2-8/h3-8H,1-2H2,(H2,15,16)(H,17,18). The van der Waals surface area contributed by atoms with Gasteiger partial charge in [0.25, 0.3) is 0 Å². The average Bonchev–Trinajstić information content (AvgIpc) is 3.20. The van der Waals surface area contributed by atoms with E-state index in [1.165, 1.54) is 24.6 Å². The second-order valence-electron chi connectivity index (χ2n) is 4.46. The van der Waals surface area contributed by atoms with Gasteiger partial charge in [0, 0.05) is 6.20 Å². The van der Waals surface area contributed by atoms with Gasteiger partial charge in [-0.2, -0.15) is 0 Å². The Morgan fingerprint density at radius 1 is 1.22 bits per heavy atom. The topological polar surface area (TPSA) is 63.8 Å². The molecule has 1 aliphatic rings. The minimum atomic E-state index is -0.533. The van der Waals surface area contributed by atoms with Crippen molar-refractivity contribution in [2.24, 2.45) is 0 Å². The summed E-state index contributed by atoms with van der Waals surface area (Å²) in [4.78, 5) is 8.04. The van der Waals surface area contributed by atoms with Crippen molar-refractivity contribution in [1.29, 1.82) is 0 Å². The molecule has 18 heavy (non-hydrogen) atoms. The van der Waals surface area contributed by atoms with Gasteiger partial charge < -0.3 is 11.1 Å². The van der Waals surface area contributed by atoms with E-state index in [1.54, 1.807) is 0 Å². The number of rotatable bonds is 3. The molecule has 1 saturated carbocycles. The van der Waals surface area contributed by atoms with Crippen LogP contribution in [0.25, 0.3) is 0 Å². The highest BCUT2D eigenvalue weighted by Gasteiger charge is 2.23. The summed E-state index contributed by atoms with van der Waals surface area (Å²) in [5.41, 5.74) is 7.35. The summed E-state index contributed by atoms with van der Waals surface area (Å²) in [6.07, 6.45) is 6.91. The summed E-state index contributed by atoms with van der Waals surface area (Å²) >= 11 is 0. The van der Waals surface area contributed by atoms with E-state index >= 15 is 0 Å². The zero-order valence-electron chi connectivity index (χ0n) is 9.73. The van der Waals surface area contributed by atoms with Crippen LogP contribution in [-0.2, 0) is 0 Å². The quantitative estimate of drug-likeness (QED) is 0.871. The summed E-state index contributed by atoms with van der Waals surface area (Å²) in [7, 11) is 0. The zero-order valence-corrected chi connectivity index (χ0v) is 9.73. The lowest BCUT2D eigenvalue weighted by Gasteiger charge is -2.08. The maximum absolute atomic E-state index is 13.2. The molecule has 0 amide bonds. The second-order valence-corrected chi connectivity index (χ2v) is 4.46. The van der Waals surface area contributed by atoms with E-state index in [0.29, 0.717) is 17.4 Å². The minimum Gasteiger partial charge on any atom is -0.395 e. The van der Waals surface area contributed by atoms with Gasteiger partial charge in [-0.05, 0) is 30.4 Å². The Kier molecular flexibility index (Phi) is 2.59. The molecule has 92 valence electrons. The molecule has 2 aromatic heterocycles. The highest BCUT2D eigenvalue weighted by atomic mass is 19.1. The number of halogens is 1. The van der Waals surface area contributed by atoms with Gasteiger partial charge in [0.1, 0.15) is 5.82 Å². The summed E-state index contributed by atoms with van der Waals surface area (Å²) in [6, 6.07) is 3.91. The van der Waals surface area contributed by atoms with Gasteiger partial charge in [-0.25, -0.2) is 9.37 Å². The molecular weight excluding hydrogens is 231 g/mol. The molecule has 0 atom stereocenters. The summed E-state index contributed by atoms with van der Waals surface area (Å²) in [5, 5.41) is 2.96. The molecule has 0 aliphatic heterocycles. The van der Waals surface area contributed by atoms with E-state index in [2.05, 4.69) is 15.3 Å². The zero-order chi connectivity index (χ0) is 12.5. The highest BCUT2D eigenvalue weighted by molar-refractivity contribution is 5.70. The van der Waals surface area contributed by atoms with Crippen LogP contribution in [0.2, 0.25) is 0 Å². The monoisotopic (exact) mass is 244 g/mol. The third-order valence-electron chi connectivity index (χ3n) is 3.04. The first-order valence-electron chi connectivity index (χ1n) is 5.86. The van der Waals surface area contributed by atoms with E-state index in [-0.39, 0.29) is 5.69 Å². The fraction of sp³-hybridized carbons (Fsp3) is 0.231. The average molecular weight is 244 g/mol. The van der Waals surface area contributed by atoms with Crippen molar-refractivity contribution in [2.75, 3.05) is 11.1 Å². The fourth-order valence-electron chi connectivity index (χ4n) is 1.82. The van der Waals surface area contributed by atoms with Crippen LogP contribution in [0.1, 0.15) is 24.3 Å². The number of hydrogen-bond acceptors (Lipinski definition) is 4. The third-order valence-corrected chi connectivity index (χ3v) is 3.04. The predicted octanol–water partition coefficient (Wildman–Crippen LogP) is 2.82. The van der Waals surface area contributed by atoms with Crippen molar-refractivity contribution in [1.82, 2.24) is 9.97 Å². The molecule has 0 spiro atoms. The van der Waals surface area contributed by atoms with Crippen molar-refractivity contribution in [3.63, 3.8) is 0 Å². The minimum absolute atomic E-state index is 0.0538. The van der Waals surface area contributed by atoms with Crippen LogP contribution >= 0.6 is 0 Å². The number of hydrogen-bond donors (Lipinski definition) is 2. The van der Waals surface area contributed by atoms with E-state index in [0.717, 1.165) is 6.20 Å². The summed E-state index contributed by atoms with van der Waals surface area (Å²) in [6.45, 7) is 0. The molecular formula is C13H13FN4. The lowest BCUT2D eigenvalue weighted by molar-refractivity contribution is 0.627. The molecule has 5 heteroatoms. The van der Waals surface area contributed by atoms with Gasteiger partial charge in [0.2, 0.25) is 0 Å². The molecule has 1 aliphatic carbocycles. The van der Waals surface area contributed by atoms with Crippen LogP contribution in [0.5, 0.6) is 0 Å². The van der Waals surface area contributed by atoms with Crippen molar-refractivity contribution < 1.29 is 4.39 Å². The number of aromatic nitrogens is 2. The number of pyridine rings is 2. The Bertz CT molecular complexity index is 564.